The second-order valence-electron chi connectivity index (χ2n) is 8.79. The number of benzene rings is 3. The number of nitrogens with one attached hydrogen (secondary N) is 3. The summed E-state index contributed by atoms with van der Waals surface area (Å²) in [6.07, 6.45) is 0.939. The van der Waals surface area contributed by atoms with E-state index < -0.39 is 0 Å². The van der Waals surface area contributed by atoms with Gasteiger partial charge in [0, 0.05) is 30.8 Å². The van der Waals surface area contributed by atoms with Gasteiger partial charge in [-0.1, -0.05) is 24.3 Å². The van der Waals surface area contributed by atoms with E-state index in [9.17, 15) is 4.79 Å². The minimum Gasteiger partial charge on any atom is -0.489 e. The van der Waals surface area contributed by atoms with E-state index in [1.54, 1.807) is 11.8 Å². The molecule has 2 amide bonds. The third kappa shape index (κ3) is 7.27. The van der Waals surface area contributed by atoms with Crippen molar-refractivity contribution in [2.45, 2.75) is 32.9 Å². The van der Waals surface area contributed by atoms with Crippen molar-refractivity contribution in [2.75, 3.05) is 24.5 Å². The van der Waals surface area contributed by atoms with Gasteiger partial charge in [0.05, 0.1) is 18.9 Å². The highest BCUT2D eigenvalue weighted by molar-refractivity contribution is 5.99. The van der Waals surface area contributed by atoms with Gasteiger partial charge in [0.1, 0.15) is 17.7 Å². The smallest absolute Gasteiger partial charge is 0.322 e. The van der Waals surface area contributed by atoms with Crippen molar-refractivity contribution in [3.63, 3.8) is 0 Å². The van der Waals surface area contributed by atoms with Crippen molar-refractivity contribution < 1.29 is 9.53 Å². The molecule has 1 fully saturated rings. The average molecular weight is 546 g/mol. The van der Waals surface area contributed by atoms with Crippen molar-refractivity contribution in [2.24, 2.45) is 5.73 Å². The first-order chi connectivity index (χ1) is 16.8. The number of hydrogen-bond acceptors (Lipinski definition) is 4. The van der Waals surface area contributed by atoms with Crippen LogP contribution in [-0.4, -0.2) is 48.3 Å². The molecule has 4 rings (SSSR count). The molecule has 10 heteroatoms. The minimum atomic E-state index is -0.174. The van der Waals surface area contributed by atoms with Crippen LogP contribution in [0.3, 0.4) is 0 Å². The summed E-state index contributed by atoms with van der Waals surface area (Å²) in [7, 11) is 0. The largest absolute Gasteiger partial charge is 0.489 e. The maximum absolute atomic E-state index is 12.9. The number of carbonyl (C=O) groups excluding carboxylic acids is 1. The van der Waals surface area contributed by atoms with E-state index in [-0.39, 0.29) is 42.8 Å². The molecule has 1 atom stereocenters. The molecule has 0 radical (unpaired) electrons. The van der Waals surface area contributed by atoms with E-state index in [0.717, 1.165) is 47.3 Å². The van der Waals surface area contributed by atoms with E-state index in [0.29, 0.717) is 24.5 Å². The van der Waals surface area contributed by atoms with Crippen molar-refractivity contribution in [1.29, 1.82) is 10.8 Å². The van der Waals surface area contributed by atoms with E-state index in [4.69, 9.17) is 21.3 Å². The van der Waals surface area contributed by atoms with E-state index >= 15 is 0 Å². The SMILES string of the molecule is CCNC(=O)N(Cc1ccc2ccc(C(=N)N)cc2c1)c1ccc(OC2CCN(C(C)=N)C2)cc1.Cl.Cl. The Kier molecular flexibility index (Phi) is 10.6. The van der Waals surface area contributed by atoms with Gasteiger partial charge in [0.25, 0.3) is 0 Å². The van der Waals surface area contributed by atoms with Crippen LogP contribution in [0.15, 0.2) is 60.7 Å². The number of hydrogen-bond donors (Lipinski definition) is 4. The Morgan fingerprint density at radius 2 is 1.78 bits per heavy atom. The molecule has 3 aromatic rings. The van der Waals surface area contributed by atoms with Crippen LogP contribution < -0.4 is 20.7 Å². The van der Waals surface area contributed by atoms with Gasteiger partial charge < -0.3 is 20.7 Å². The molecule has 1 saturated heterocycles. The summed E-state index contributed by atoms with van der Waals surface area (Å²) in [5, 5.41) is 20.4. The molecule has 1 aliphatic heterocycles. The summed E-state index contributed by atoms with van der Waals surface area (Å²) in [5.74, 6) is 1.35. The van der Waals surface area contributed by atoms with Gasteiger partial charge in [0.15, 0.2) is 0 Å². The van der Waals surface area contributed by atoms with Crippen LogP contribution in [-0.2, 0) is 6.54 Å². The molecule has 0 bridgehead atoms. The lowest BCUT2D eigenvalue weighted by Gasteiger charge is -2.24. The molecule has 1 heterocycles. The zero-order valence-corrected chi connectivity index (χ0v) is 22.6. The molecule has 5 N–H and O–H groups in total. The molecule has 1 aliphatic rings. The molecule has 0 aliphatic carbocycles. The van der Waals surface area contributed by atoms with Gasteiger partial charge in [-0.05, 0) is 66.6 Å². The molecular formula is C27H34Cl2N6O2. The predicted molar refractivity (Wildman–Crippen MR) is 155 cm³/mol. The highest BCUT2D eigenvalue weighted by Crippen LogP contribution is 2.25. The molecule has 8 nitrogen and oxygen atoms in total. The summed E-state index contributed by atoms with van der Waals surface area (Å²) < 4.78 is 6.11. The van der Waals surface area contributed by atoms with Gasteiger partial charge in [-0.2, -0.15) is 0 Å². The van der Waals surface area contributed by atoms with Crippen LogP contribution in [0.4, 0.5) is 10.5 Å². The number of amidine groups is 2. The molecular weight excluding hydrogens is 511 g/mol. The van der Waals surface area contributed by atoms with Crippen molar-refractivity contribution in [3.05, 3.63) is 71.8 Å². The first-order valence-corrected chi connectivity index (χ1v) is 11.8. The number of anilines is 1. The Morgan fingerprint density at radius 3 is 2.41 bits per heavy atom. The number of urea groups is 1. The Bertz CT molecular complexity index is 1250. The van der Waals surface area contributed by atoms with Crippen LogP contribution >= 0.6 is 24.8 Å². The number of amides is 2. The summed E-state index contributed by atoms with van der Waals surface area (Å²) in [6.45, 7) is 6.17. The number of rotatable bonds is 7. The molecule has 3 aromatic carbocycles. The van der Waals surface area contributed by atoms with Crippen LogP contribution in [0.2, 0.25) is 0 Å². The van der Waals surface area contributed by atoms with Crippen LogP contribution in [0.1, 0.15) is 31.4 Å². The summed E-state index contributed by atoms with van der Waals surface area (Å²) in [4.78, 5) is 16.7. The number of nitrogens with two attached hydrogens (primary N) is 1. The number of carbonyl (C=O) groups is 1. The third-order valence-electron chi connectivity index (χ3n) is 6.20. The second-order valence-corrected chi connectivity index (χ2v) is 8.79. The Labute approximate surface area is 230 Å². The van der Waals surface area contributed by atoms with Crippen molar-refractivity contribution >= 4 is 59.0 Å². The Hall–Kier alpha value is -3.49. The number of likely N-dealkylation sites (tertiary alicyclic amines) is 1. The second kappa shape index (κ2) is 13.2. The molecule has 0 aromatic heterocycles. The fourth-order valence-electron chi connectivity index (χ4n) is 4.30. The van der Waals surface area contributed by atoms with Crippen LogP contribution in [0, 0.1) is 10.8 Å². The lowest BCUT2D eigenvalue weighted by Crippen LogP contribution is -2.39. The summed E-state index contributed by atoms with van der Waals surface area (Å²) in [5.41, 5.74) is 8.07. The van der Waals surface area contributed by atoms with E-state index in [1.807, 2.05) is 72.5 Å². The first-order valence-electron chi connectivity index (χ1n) is 11.8. The normalized spacial score (nSPS) is 14.3. The number of fused-ring (bicyclic) bond motifs is 1. The first kappa shape index (κ1) is 29.7. The Morgan fingerprint density at radius 1 is 1.08 bits per heavy atom. The van der Waals surface area contributed by atoms with Gasteiger partial charge in [-0.3, -0.25) is 15.7 Å². The monoisotopic (exact) mass is 544 g/mol. The van der Waals surface area contributed by atoms with Crippen LogP contribution in [0.25, 0.3) is 10.8 Å². The highest BCUT2D eigenvalue weighted by Gasteiger charge is 2.24. The quantitative estimate of drug-likeness (QED) is 0.242. The lowest BCUT2D eigenvalue weighted by molar-refractivity contribution is 0.214. The topological polar surface area (TPSA) is 119 Å². The number of halogens is 2. The van der Waals surface area contributed by atoms with E-state index in [2.05, 4.69) is 5.32 Å². The number of nitrogens with zero attached hydrogens (tertiary/aromatic N) is 2. The molecule has 0 spiro atoms. The molecule has 1 unspecified atom stereocenters. The fraction of sp³-hybridized carbons (Fsp3) is 0.296. The zero-order chi connectivity index (χ0) is 24.9. The van der Waals surface area contributed by atoms with Gasteiger partial charge in [0.2, 0.25) is 0 Å². The van der Waals surface area contributed by atoms with Crippen LogP contribution in [0.5, 0.6) is 5.75 Å². The fourth-order valence-corrected chi connectivity index (χ4v) is 4.30. The van der Waals surface area contributed by atoms with E-state index in [1.165, 1.54) is 0 Å². The summed E-state index contributed by atoms with van der Waals surface area (Å²) in [6, 6.07) is 19.1. The third-order valence-corrected chi connectivity index (χ3v) is 6.20. The summed E-state index contributed by atoms with van der Waals surface area (Å²) >= 11 is 0. The maximum Gasteiger partial charge on any atom is 0.322 e. The standard InChI is InChI=1S/C27H32N6O2.2ClH/c1-3-31-27(34)33(16-19-4-5-20-6-7-21(26(29)30)15-22(20)14-19)23-8-10-24(11-9-23)35-25-12-13-32(17-25)18(2)28;;/h4-11,14-15,25,28H,3,12-13,16-17H2,1-2H3,(H3,29,30)(H,31,34);2*1H. The van der Waals surface area contributed by atoms with Crippen molar-refractivity contribution in [3.8, 4) is 5.75 Å². The van der Waals surface area contributed by atoms with Gasteiger partial charge in [-0.25, -0.2) is 4.79 Å². The number of nitrogen functional groups attached to an aromatic ring is 1. The maximum atomic E-state index is 12.9. The molecule has 198 valence electrons. The highest BCUT2D eigenvalue weighted by atomic mass is 35.5. The van der Waals surface area contributed by atoms with Gasteiger partial charge >= 0.3 is 6.03 Å². The zero-order valence-electron chi connectivity index (χ0n) is 21.0. The van der Waals surface area contributed by atoms with Gasteiger partial charge in [-0.15, -0.1) is 24.8 Å². The molecule has 0 saturated carbocycles. The lowest BCUT2D eigenvalue weighted by atomic mass is 10.0. The molecule has 37 heavy (non-hydrogen) atoms. The Balaban J connectivity index is 0.00000241. The van der Waals surface area contributed by atoms with Crippen molar-refractivity contribution in [1.82, 2.24) is 10.2 Å². The number of ether oxygens (including phenoxy) is 1. The predicted octanol–water partition coefficient (Wildman–Crippen LogP) is 5.15. The average Bonchev–Trinajstić information content (AvgIpc) is 3.31. The minimum absolute atomic E-state index is 0.